The zero-order valence-corrected chi connectivity index (χ0v) is 13.0. The monoisotopic (exact) mass is 316 g/mol. The van der Waals surface area contributed by atoms with Crippen molar-refractivity contribution in [3.05, 3.63) is 101 Å². The van der Waals surface area contributed by atoms with E-state index in [0.29, 0.717) is 10.6 Å². The minimum Gasteiger partial charge on any atom is -0.265 e. The van der Waals surface area contributed by atoms with E-state index in [2.05, 4.69) is 11.1 Å². The first kappa shape index (κ1) is 15.0. The van der Waals surface area contributed by atoms with Gasteiger partial charge in [-0.25, -0.2) is 0 Å². The van der Waals surface area contributed by atoms with Gasteiger partial charge in [0.1, 0.15) is 6.07 Å². The number of pyridine rings is 1. The molecule has 0 fully saturated rings. The summed E-state index contributed by atoms with van der Waals surface area (Å²) in [6, 6.07) is 23.4. The van der Waals surface area contributed by atoms with E-state index in [0.717, 1.165) is 22.3 Å². The first-order valence-corrected chi connectivity index (χ1v) is 7.53. The summed E-state index contributed by atoms with van der Waals surface area (Å²) in [5, 5.41) is 10.4. The van der Waals surface area contributed by atoms with Crippen molar-refractivity contribution in [3.63, 3.8) is 0 Å². The highest BCUT2D eigenvalue weighted by Crippen LogP contribution is 2.32. The second-order valence-electron chi connectivity index (χ2n) is 4.97. The average molecular weight is 317 g/mol. The normalized spacial score (nSPS) is 11.5. The highest BCUT2D eigenvalue weighted by Gasteiger charge is 2.14. The fourth-order valence-electron chi connectivity index (χ4n) is 2.49. The van der Waals surface area contributed by atoms with Gasteiger partial charge in [-0.1, -0.05) is 54.1 Å². The second kappa shape index (κ2) is 6.91. The van der Waals surface area contributed by atoms with Crippen LogP contribution in [0.2, 0.25) is 5.02 Å². The van der Waals surface area contributed by atoms with E-state index in [1.165, 1.54) is 0 Å². The Hall–Kier alpha value is -2.89. The summed E-state index contributed by atoms with van der Waals surface area (Å²) < 4.78 is 0. The third kappa shape index (κ3) is 3.31. The van der Waals surface area contributed by atoms with Gasteiger partial charge in [-0.05, 0) is 41.0 Å². The van der Waals surface area contributed by atoms with E-state index >= 15 is 0 Å². The van der Waals surface area contributed by atoms with Crippen LogP contribution in [0.25, 0.3) is 11.1 Å². The Morgan fingerprint density at radius 3 is 2.13 bits per heavy atom. The van der Waals surface area contributed by atoms with Crippen molar-refractivity contribution in [3.8, 4) is 6.07 Å². The van der Waals surface area contributed by atoms with Gasteiger partial charge in [-0.2, -0.15) is 5.26 Å². The van der Waals surface area contributed by atoms with Gasteiger partial charge in [-0.15, -0.1) is 0 Å². The van der Waals surface area contributed by atoms with E-state index in [-0.39, 0.29) is 0 Å². The van der Waals surface area contributed by atoms with Gasteiger partial charge in [0, 0.05) is 23.0 Å². The number of hydrogen-bond donors (Lipinski definition) is 0. The summed E-state index contributed by atoms with van der Waals surface area (Å²) in [5.41, 5.74) is 4.19. The van der Waals surface area contributed by atoms with Crippen LogP contribution in [0.5, 0.6) is 0 Å². The van der Waals surface area contributed by atoms with Gasteiger partial charge >= 0.3 is 0 Å². The van der Waals surface area contributed by atoms with Gasteiger partial charge in [0.2, 0.25) is 0 Å². The summed E-state index contributed by atoms with van der Waals surface area (Å²) in [4.78, 5) is 4.07. The van der Waals surface area contributed by atoms with Crippen molar-refractivity contribution < 1.29 is 0 Å². The largest absolute Gasteiger partial charge is 0.265 e. The Labute approximate surface area is 140 Å². The molecule has 0 spiro atoms. The molecule has 2 aromatic carbocycles. The molecular weight excluding hydrogens is 304 g/mol. The molecule has 0 aliphatic heterocycles. The van der Waals surface area contributed by atoms with Crippen LogP contribution in [0.3, 0.4) is 0 Å². The molecule has 110 valence electrons. The van der Waals surface area contributed by atoms with Crippen LogP contribution in [0.1, 0.15) is 16.7 Å². The van der Waals surface area contributed by atoms with Crippen molar-refractivity contribution >= 4 is 22.7 Å². The van der Waals surface area contributed by atoms with Crippen LogP contribution < -0.4 is 0 Å². The number of nitrogens with zero attached hydrogens (tertiary/aromatic N) is 2. The Bertz CT molecular complexity index is 837. The minimum absolute atomic E-state index is 0.588. The molecule has 0 N–H and O–H groups in total. The fourth-order valence-corrected chi connectivity index (χ4v) is 2.68. The molecule has 3 heteroatoms. The predicted octanol–water partition coefficient (Wildman–Crippen LogP) is 5.22. The molecule has 0 bridgehead atoms. The third-order valence-electron chi connectivity index (χ3n) is 3.51. The quantitative estimate of drug-likeness (QED) is 0.491. The standard InChI is InChI=1S/C20H13ClN2/c21-18-8-4-7-17(13-18)19(14-22)20(15-5-2-1-3-6-15)16-9-11-23-12-10-16/h1-13H/b20-19-. The molecule has 3 aromatic rings. The van der Waals surface area contributed by atoms with E-state index in [1.54, 1.807) is 18.5 Å². The smallest absolute Gasteiger partial charge is 0.100 e. The molecule has 1 aromatic heterocycles. The van der Waals surface area contributed by atoms with Crippen LogP contribution in [0.15, 0.2) is 79.1 Å². The SMILES string of the molecule is N#C/C(=C(\c1ccccc1)c1ccncc1)c1cccc(Cl)c1. The maximum absolute atomic E-state index is 9.80. The molecule has 0 radical (unpaired) electrons. The van der Waals surface area contributed by atoms with Gasteiger partial charge < -0.3 is 0 Å². The maximum Gasteiger partial charge on any atom is 0.100 e. The van der Waals surface area contributed by atoms with Crippen LogP contribution in [-0.4, -0.2) is 4.98 Å². The van der Waals surface area contributed by atoms with Crippen molar-refractivity contribution in [2.45, 2.75) is 0 Å². The Morgan fingerprint density at radius 1 is 0.826 bits per heavy atom. The molecule has 1 heterocycles. The molecule has 0 amide bonds. The molecule has 0 atom stereocenters. The molecule has 0 aliphatic carbocycles. The van der Waals surface area contributed by atoms with Crippen molar-refractivity contribution in [2.75, 3.05) is 0 Å². The Kier molecular flexibility index (Phi) is 4.52. The number of halogens is 1. The lowest BCUT2D eigenvalue weighted by atomic mass is 9.90. The number of nitriles is 1. The number of hydrogen-bond acceptors (Lipinski definition) is 2. The first-order chi connectivity index (χ1) is 11.3. The van der Waals surface area contributed by atoms with E-state index < -0.39 is 0 Å². The maximum atomic E-state index is 9.80. The van der Waals surface area contributed by atoms with Crippen LogP contribution >= 0.6 is 11.6 Å². The minimum atomic E-state index is 0.588. The Balaban J connectivity index is 2.31. The summed E-state index contributed by atoms with van der Waals surface area (Å²) in [7, 11) is 0. The lowest BCUT2D eigenvalue weighted by Gasteiger charge is -2.12. The lowest BCUT2D eigenvalue weighted by Crippen LogP contribution is -1.94. The van der Waals surface area contributed by atoms with Gasteiger partial charge in [0.15, 0.2) is 0 Å². The second-order valence-corrected chi connectivity index (χ2v) is 5.41. The molecular formula is C20H13ClN2. The first-order valence-electron chi connectivity index (χ1n) is 7.16. The molecule has 23 heavy (non-hydrogen) atoms. The number of benzene rings is 2. The Morgan fingerprint density at radius 2 is 1.48 bits per heavy atom. The van der Waals surface area contributed by atoms with Crippen LogP contribution in [0, 0.1) is 11.3 Å². The van der Waals surface area contributed by atoms with E-state index in [9.17, 15) is 5.26 Å². The fraction of sp³-hybridized carbons (Fsp3) is 0. The lowest BCUT2D eigenvalue weighted by molar-refractivity contribution is 1.31. The number of rotatable bonds is 3. The molecule has 0 aliphatic rings. The third-order valence-corrected chi connectivity index (χ3v) is 3.74. The number of aromatic nitrogens is 1. The molecule has 3 rings (SSSR count). The zero-order valence-electron chi connectivity index (χ0n) is 12.3. The molecule has 2 nitrogen and oxygen atoms in total. The van der Waals surface area contributed by atoms with E-state index in [1.807, 2.05) is 60.7 Å². The topological polar surface area (TPSA) is 36.7 Å². The average Bonchev–Trinajstić information content (AvgIpc) is 2.61. The van der Waals surface area contributed by atoms with Crippen molar-refractivity contribution in [1.82, 2.24) is 4.98 Å². The van der Waals surface area contributed by atoms with Crippen molar-refractivity contribution in [2.24, 2.45) is 0 Å². The number of allylic oxidation sites excluding steroid dienone is 1. The predicted molar refractivity (Wildman–Crippen MR) is 93.7 cm³/mol. The van der Waals surface area contributed by atoms with Crippen LogP contribution in [0.4, 0.5) is 0 Å². The van der Waals surface area contributed by atoms with Gasteiger partial charge in [0.05, 0.1) is 5.57 Å². The highest BCUT2D eigenvalue weighted by molar-refractivity contribution is 6.30. The van der Waals surface area contributed by atoms with Gasteiger partial charge in [-0.3, -0.25) is 4.98 Å². The summed E-state index contributed by atoms with van der Waals surface area (Å²) in [6.07, 6.45) is 3.45. The molecule has 0 saturated carbocycles. The van der Waals surface area contributed by atoms with Crippen LogP contribution in [-0.2, 0) is 0 Å². The summed E-state index contributed by atoms with van der Waals surface area (Å²) in [5.74, 6) is 0. The van der Waals surface area contributed by atoms with E-state index in [4.69, 9.17) is 11.6 Å². The highest BCUT2D eigenvalue weighted by atomic mass is 35.5. The van der Waals surface area contributed by atoms with Crippen molar-refractivity contribution in [1.29, 1.82) is 5.26 Å². The van der Waals surface area contributed by atoms with Gasteiger partial charge in [0.25, 0.3) is 0 Å². The zero-order chi connectivity index (χ0) is 16.1. The summed E-state index contributed by atoms with van der Waals surface area (Å²) >= 11 is 6.10. The summed E-state index contributed by atoms with van der Waals surface area (Å²) in [6.45, 7) is 0. The molecule has 0 saturated heterocycles. The molecule has 0 unspecified atom stereocenters.